The Morgan fingerprint density at radius 3 is 2.95 bits per heavy atom. The van der Waals surface area contributed by atoms with Gasteiger partial charge in [0.15, 0.2) is 0 Å². The molecule has 6 heteroatoms. The van der Waals surface area contributed by atoms with Crippen molar-refractivity contribution in [3.63, 3.8) is 0 Å². The monoisotopic (exact) mass is 312 g/mol. The fraction of sp³-hybridized carbons (Fsp3) is 0.125. The lowest BCUT2D eigenvalue weighted by Gasteiger charge is -2.10. The first-order valence-electron chi connectivity index (χ1n) is 6.92. The second-order valence-electron chi connectivity index (χ2n) is 4.58. The fourth-order valence-corrected chi connectivity index (χ4v) is 2.73. The molecule has 1 heterocycles. The van der Waals surface area contributed by atoms with Gasteiger partial charge in [-0.1, -0.05) is 30.3 Å². The van der Waals surface area contributed by atoms with Gasteiger partial charge in [0.2, 0.25) is 5.13 Å². The molecule has 0 bridgehead atoms. The van der Waals surface area contributed by atoms with Crippen molar-refractivity contribution in [1.29, 1.82) is 0 Å². The van der Waals surface area contributed by atoms with Crippen LogP contribution in [-0.4, -0.2) is 17.8 Å². The van der Waals surface area contributed by atoms with Gasteiger partial charge in [-0.2, -0.15) is 5.10 Å². The third-order valence-electron chi connectivity index (χ3n) is 3.11. The first kappa shape index (κ1) is 14.3. The lowest BCUT2D eigenvalue weighted by atomic mass is 10.0. The van der Waals surface area contributed by atoms with E-state index in [2.05, 4.69) is 27.6 Å². The number of hydrogen-bond donors (Lipinski definition) is 2. The van der Waals surface area contributed by atoms with E-state index in [1.165, 1.54) is 11.3 Å². The maximum atomic E-state index is 5.70. The topological polar surface area (TPSA) is 72.5 Å². The minimum Gasteiger partial charge on any atom is -0.493 e. The maximum absolute atomic E-state index is 5.70. The Bertz CT molecular complexity index is 813. The van der Waals surface area contributed by atoms with E-state index in [-0.39, 0.29) is 0 Å². The van der Waals surface area contributed by atoms with E-state index in [0.29, 0.717) is 17.6 Å². The number of fused-ring (bicyclic) bond motifs is 1. The van der Waals surface area contributed by atoms with E-state index in [1.54, 1.807) is 11.6 Å². The van der Waals surface area contributed by atoms with E-state index in [9.17, 15) is 0 Å². The molecule has 0 saturated carbocycles. The predicted molar refractivity (Wildman–Crippen MR) is 92.9 cm³/mol. The number of nitrogens with two attached hydrogens (primary N) is 1. The molecule has 2 aromatic carbocycles. The average molecular weight is 312 g/mol. The second kappa shape index (κ2) is 6.44. The Balaban J connectivity index is 1.94. The lowest BCUT2D eigenvalue weighted by Crippen LogP contribution is -1.98. The van der Waals surface area contributed by atoms with Gasteiger partial charge < -0.3 is 10.5 Å². The minimum absolute atomic E-state index is 0.489. The zero-order valence-corrected chi connectivity index (χ0v) is 12.9. The normalized spacial score (nSPS) is 11.1. The number of thiazole rings is 1. The Kier molecular flexibility index (Phi) is 4.20. The summed E-state index contributed by atoms with van der Waals surface area (Å²) in [6.07, 6.45) is 1.75. The van der Waals surface area contributed by atoms with Crippen molar-refractivity contribution in [2.75, 3.05) is 17.8 Å². The number of hydrazone groups is 1. The SMILES string of the molecule is CCOc1ccc2ccccc2c1C=NNc1nc(N)cs1. The van der Waals surface area contributed by atoms with Crippen LogP contribution in [0.4, 0.5) is 10.9 Å². The number of hydrogen-bond acceptors (Lipinski definition) is 6. The maximum Gasteiger partial charge on any atom is 0.205 e. The molecule has 3 aromatic rings. The van der Waals surface area contributed by atoms with Crippen molar-refractivity contribution < 1.29 is 4.74 Å². The molecule has 3 rings (SSSR count). The van der Waals surface area contributed by atoms with Gasteiger partial charge in [0, 0.05) is 10.9 Å². The van der Waals surface area contributed by atoms with E-state index in [0.717, 1.165) is 22.1 Å². The third-order valence-corrected chi connectivity index (χ3v) is 3.87. The molecule has 1 aromatic heterocycles. The molecule has 5 nitrogen and oxygen atoms in total. The molecule has 0 atom stereocenters. The van der Waals surface area contributed by atoms with Gasteiger partial charge in [0.25, 0.3) is 0 Å². The number of nitrogens with zero attached hydrogens (tertiary/aromatic N) is 2. The summed E-state index contributed by atoms with van der Waals surface area (Å²) >= 11 is 1.41. The van der Waals surface area contributed by atoms with Crippen molar-refractivity contribution in [1.82, 2.24) is 4.98 Å². The number of ether oxygens (including phenoxy) is 1. The van der Waals surface area contributed by atoms with E-state index in [4.69, 9.17) is 10.5 Å². The van der Waals surface area contributed by atoms with Gasteiger partial charge in [-0.05, 0) is 23.8 Å². The number of nitrogen functional groups attached to an aromatic ring is 1. The van der Waals surface area contributed by atoms with Crippen LogP contribution in [0.15, 0.2) is 46.9 Å². The molecule has 0 unspecified atom stereocenters. The number of nitrogens with one attached hydrogen (secondary N) is 1. The van der Waals surface area contributed by atoms with Crippen LogP contribution in [0.1, 0.15) is 12.5 Å². The largest absolute Gasteiger partial charge is 0.493 e. The molecule has 0 amide bonds. The van der Waals surface area contributed by atoms with Crippen molar-refractivity contribution in [3.8, 4) is 5.75 Å². The molecule has 0 aliphatic heterocycles. The van der Waals surface area contributed by atoms with Gasteiger partial charge in [-0.25, -0.2) is 4.98 Å². The minimum atomic E-state index is 0.489. The highest BCUT2D eigenvalue weighted by atomic mass is 32.1. The van der Waals surface area contributed by atoms with E-state index < -0.39 is 0 Å². The molecule has 0 radical (unpaired) electrons. The van der Waals surface area contributed by atoms with E-state index in [1.807, 2.05) is 31.2 Å². The number of anilines is 2. The quantitative estimate of drug-likeness (QED) is 0.556. The van der Waals surface area contributed by atoms with Crippen molar-refractivity contribution in [2.45, 2.75) is 6.92 Å². The highest BCUT2D eigenvalue weighted by Gasteiger charge is 2.06. The van der Waals surface area contributed by atoms with Gasteiger partial charge in [-0.3, -0.25) is 5.43 Å². The van der Waals surface area contributed by atoms with Crippen LogP contribution >= 0.6 is 11.3 Å². The summed E-state index contributed by atoms with van der Waals surface area (Å²) in [6, 6.07) is 12.2. The molecule has 0 fully saturated rings. The number of rotatable bonds is 5. The Morgan fingerprint density at radius 1 is 1.32 bits per heavy atom. The standard InChI is InChI=1S/C16H16N4OS/c1-2-21-14-8-7-11-5-3-4-6-12(11)13(14)9-18-20-16-19-15(17)10-22-16/h3-10H,2,17H2,1H3,(H,19,20). The summed E-state index contributed by atoms with van der Waals surface area (Å²) in [5, 5.41) is 8.92. The number of aromatic nitrogens is 1. The summed E-state index contributed by atoms with van der Waals surface area (Å²) < 4.78 is 5.70. The van der Waals surface area contributed by atoms with Crippen LogP contribution in [0.3, 0.4) is 0 Å². The summed E-state index contributed by atoms with van der Waals surface area (Å²) in [4.78, 5) is 4.10. The molecule has 0 saturated heterocycles. The van der Waals surface area contributed by atoms with Crippen molar-refractivity contribution in [2.24, 2.45) is 5.10 Å². The van der Waals surface area contributed by atoms with Crippen LogP contribution in [-0.2, 0) is 0 Å². The smallest absolute Gasteiger partial charge is 0.205 e. The summed E-state index contributed by atoms with van der Waals surface area (Å²) in [6.45, 7) is 2.57. The fourth-order valence-electron chi connectivity index (χ4n) is 2.18. The number of benzene rings is 2. The molecule has 3 N–H and O–H groups in total. The van der Waals surface area contributed by atoms with Crippen LogP contribution in [0.25, 0.3) is 10.8 Å². The molecule has 0 aliphatic carbocycles. The van der Waals surface area contributed by atoms with Crippen molar-refractivity contribution >= 4 is 39.3 Å². The lowest BCUT2D eigenvalue weighted by molar-refractivity contribution is 0.340. The van der Waals surface area contributed by atoms with E-state index >= 15 is 0 Å². The Labute approximate surface area is 132 Å². The molecular weight excluding hydrogens is 296 g/mol. The van der Waals surface area contributed by atoms with Gasteiger partial charge in [0.1, 0.15) is 11.6 Å². The Morgan fingerprint density at radius 2 is 2.18 bits per heavy atom. The predicted octanol–water partition coefficient (Wildman–Crippen LogP) is 3.72. The first-order valence-corrected chi connectivity index (χ1v) is 7.80. The van der Waals surface area contributed by atoms with Crippen LogP contribution in [0.2, 0.25) is 0 Å². The summed E-state index contributed by atoms with van der Waals surface area (Å²) in [5.41, 5.74) is 9.42. The summed E-state index contributed by atoms with van der Waals surface area (Å²) in [7, 11) is 0. The molecule has 112 valence electrons. The molecule has 22 heavy (non-hydrogen) atoms. The highest BCUT2D eigenvalue weighted by Crippen LogP contribution is 2.27. The zero-order chi connectivity index (χ0) is 15.4. The van der Waals surface area contributed by atoms with Gasteiger partial charge >= 0.3 is 0 Å². The van der Waals surface area contributed by atoms with Crippen LogP contribution in [0, 0.1) is 0 Å². The zero-order valence-electron chi connectivity index (χ0n) is 12.1. The first-order chi connectivity index (χ1) is 10.8. The third kappa shape index (κ3) is 3.01. The average Bonchev–Trinajstić information content (AvgIpc) is 2.95. The Hall–Kier alpha value is -2.60. The molecule has 0 aliphatic rings. The summed E-state index contributed by atoms with van der Waals surface area (Å²) in [5.74, 6) is 1.30. The highest BCUT2D eigenvalue weighted by molar-refractivity contribution is 7.14. The molecule has 0 spiro atoms. The van der Waals surface area contributed by atoms with Crippen LogP contribution in [0.5, 0.6) is 5.75 Å². The van der Waals surface area contributed by atoms with Crippen molar-refractivity contribution in [3.05, 3.63) is 47.3 Å². The molecular formula is C16H16N4OS. The van der Waals surface area contributed by atoms with Crippen LogP contribution < -0.4 is 15.9 Å². The van der Waals surface area contributed by atoms with Gasteiger partial charge in [0.05, 0.1) is 12.8 Å². The second-order valence-corrected chi connectivity index (χ2v) is 5.44. The van der Waals surface area contributed by atoms with Gasteiger partial charge in [-0.15, -0.1) is 11.3 Å².